The number of hydrogen-bond acceptors (Lipinski definition) is 1. The van der Waals surface area contributed by atoms with Crippen LogP contribution in [0.5, 0.6) is 0 Å². The molecule has 0 unspecified atom stereocenters. The van der Waals surface area contributed by atoms with Crippen LogP contribution in [0.1, 0.15) is 43.0 Å². The van der Waals surface area contributed by atoms with E-state index in [0.717, 1.165) is 37.8 Å². The van der Waals surface area contributed by atoms with Crippen LogP contribution in [0.25, 0.3) is 0 Å². The number of unbranched alkanes of at least 4 members (excludes halogenated alkanes) is 3. The fourth-order valence-corrected chi connectivity index (χ4v) is 2.60. The van der Waals surface area contributed by atoms with Crippen LogP contribution in [0.3, 0.4) is 0 Å². The molecule has 5 heteroatoms. The molecule has 2 rings (SSSR count). The molecule has 0 fully saturated rings. The largest absolute Gasteiger partial charge is 0.306 e. The number of rotatable bonds is 7. The topological polar surface area (TPSA) is 20.3 Å². The van der Waals surface area contributed by atoms with E-state index in [9.17, 15) is 13.6 Å². The number of hydrogen-bond donors (Lipinski definition) is 0. The van der Waals surface area contributed by atoms with Gasteiger partial charge in [0.15, 0.2) is 0 Å². The molecule has 1 amide bonds. The standard InChI is InChI=1S/C19H20ClF2NO/c1-2-3-4-5-12-23(18-11-10-16(21)13-17(18)22)19(24)14-6-8-15(20)9-7-14/h6-11,13H,2-5,12H2,1H3. The molecule has 0 N–H and O–H groups in total. The second-order valence-corrected chi connectivity index (χ2v) is 6.06. The number of benzene rings is 2. The summed E-state index contributed by atoms with van der Waals surface area (Å²) in [5.41, 5.74) is 0.506. The number of anilines is 1. The van der Waals surface area contributed by atoms with Crippen LogP contribution in [0.4, 0.5) is 14.5 Å². The number of amides is 1. The molecule has 0 aliphatic heterocycles. The highest BCUT2D eigenvalue weighted by Crippen LogP contribution is 2.23. The van der Waals surface area contributed by atoms with Crippen molar-refractivity contribution in [3.05, 3.63) is 64.7 Å². The summed E-state index contributed by atoms with van der Waals surface area (Å²) in [5.74, 6) is -1.73. The van der Waals surface area contributed by atoms with Crippen LogP contribution in [-0.2, 0) is 0 Å². The number of carbonyl (C=O) groups is 1. The molecule has 0 aliphatic carbocycles. The summed E-state index contributed by atoms with van der Waals surface area (Å²) < 4.78 is 27.3. The van der Waals surface area contributed by atoms with Crippen molar-refractivity contribution < 1.29 is 13.6 Å². The Kier molecular flexibility index (Phi) is 6.73. The molecule has 0 saturated heterocycles. The fraction of sp³-hybridized carbons (Fsp3) is 0.316. The van der Waals surface area contributed by atoms with Gasteiger partial charge in [-0.15, -0.1) is 0 Å². The Morgan fingerprint density at radius 1 is 1.04 bits per heavy atom. The van der Waals surface area contributed by atoms with Crippen molar-refractivity contribution in [2.75, 3.05) is 11.4 Å². The molecule has 2 aromatic rings. The van der Waals surface area contributed by atoms with Crippen molar-refractivity contribution in [3.8, 4) is 0 Å². The first-order valence-electron chi connectivity index (χ1n) is 8.05. The van der Waals surface area contributed by atoms with Crippen LogP contribution in [0, 0.1) is 11.6 Å². The first-order valence-corrected chi connectivity index (χ1v) is 8.43. The van der Waals surface area contributed by atoms with E-state index in [1.807, 2.05) is 0 Å². The highest BCUT2D eigenvalue weighted by Gasteiger charge is 2.20. The van der Waals surface area contributed by atoms with Gasteiger partial charge in [0.25, 0.3) is 5.91 Å². The summed E-state index contributed by atoms with van der Waals surface area (Å²) in [6.45, 7) is 2.47. The molecule has 2 aromatic carbocycles. The second kappa shape index (κ2) is 8.78. The maximum atomic E-state index is 14.2. The van der Waals surface area contributed by atoms with Gasteiger partial charge in [0.05, 0.1) is 5.69 Å². The quantitative estimate of drug-likeness (QED) is 0.573. The van der Waals surface area contributed by atoms with Crippen molar-refractivity contribution >= 4 is 23.2 Å². The molecule has 2 nitrogen and oxygen atoms in total. The minimum atomic E-state index is -0.743. The smallest absolute Gasteiger partial charge is 0.258 e. The molecule has 128 valence electrons. The lowest BCUT2D eigenvalue weighted by Crippen LogP contribution is -2.32. The van der Waals surface area contributed by atoms with Crippen molar-refractivity contribution in [2.45, 2.75) is 32.6 Å². The Labute approximate surface area is 146 Å². The summed E-state index contributed by atoms with van der Waals surface area (Å²) in [6, 6.07) is 9.70. The molecule has 0 saturated carbocycles. The van der Waals surface area contributed by atoms with Gasteiger partial charge < -0.3 is 4.90 Å². The zero-order chi connectivity index (χ0) is 17.5. The normalized spacial score (nSPS) is 10.7. The summed E-state index contributed by atoms with van der Waals surface area (Å²) in [5, 5.41) is 0.522. The average molecular weight is 352 g/mol. The van der Waals surface area contributed by atoms with E-state index in [1.54, 1.807) is 24.3 Å². The lowest BCUT2D eigenvalue weighted by atomic mass is 10.1. The summed E-state index contributed by atoms with van der Waals surface area (Å²) in [7, 11) is 0. The van der Waals surface area contributed by atoms with E-state index in [2.05, 4.69) is 6.92 Å². The van der Waals surface area contributed by atoms with Crippen LogP contribution in [-0.4, -0.2) is 12.5 Å². The molecule has 0 spiro atoms. The minimum absolute atomic E-state index is 0.0906. The molecular weight excluding hydrogens is 332 g/mol. The van der Waals surface area contributed by atoms with Gasteiger partial charge in [0.1, 0.15) is 11.6 Å². The van der Waals surface area contributed by atoms with Crippen LogP contribution >= 0.6 is 11.6 Å². The first kappa shape index (κ1) is 18.4. The molecule has 0 bridgehead atoms. The Morgan fingerprint density at radius 2 is 1.75 bits per heavy atom. The lowest BCUT2D eigenvalue weighted by molar-refractivity contribution is 0.0985. The van der Waals surface area contributed by atoms with Crippen molar-refractivity contribution in [1.82, 2.24) is 0 Å². The predicted octanol–water partition coefficient (Wildman–Crippen LogP) is 5.85. The van der Waals surface area contributed by atoms with Gasteiger partial charge >= 0.3 is 0 Å². The summed E-state index contributed by atoms with van der Waals surface area (Å²) in [6.07, 6.45) is 3.82. The maximum Gasteiger partial charge on any atom is 0.258 e. The minimum Gasteiger partial charge on any atom is -0.306 e. The third-order valence-electron chi connectivity index (χ3n) is 3.77. The number of halogens is 3. The molecule has 0 heterocycles. The fourth-order valence-electron chi connectivity index (χ4n) is 2.48. The molecule has 0 aromatic heterocycles. The van der Waals surface area contributed by atoms with Crippen molar-refractivity contribution in [1.29, 1.82) is 0 Å². The SMILES string of the molecule is CCCCCCN(C(=O)c1ccc(Cl)cc1)c1ccc(F)cc1F. The Bertz CT molecular complexity index is 688. The third kappa shape index (κ3) is 4.78. The van der Waals surface area contributed by atoms with Crippen LogP contribution in [0.15, 0.2) is 42.5 Å². The average Bonchev–Trinajstić information content (AvgIpc) is 2.56. The maximum absolute atomic E-state index is 14.2. The van der Waals surface area contributed by atoms with Crippen molar-refractivity contribution in [3.63, 3.8) is 0 Å². The van der Waals surface area contributed by atoms with Crippen LogP contribution < -0.4 is 4.90 Å². The molecule has 0 radical (unpaired) electrons. The van der Waals surface area contributed by atoms with Gasteiger partial charge in [-0.2, -0.15) is 0 Å². The summed E-state index contributed by atoms with van der Waals surface area (Å²) in [4.78, 5) is 14.1. The zero-order valence-electron chi connectivity index (χ0n) is 13.6. The van der Waals surface area contributed by atoms with E-state index in [1.165, 1.54) is 11.0 Å². The third-order valence-corrected chi connectivity index (χ3v) is 4.02. The Hall–Kier alpha value is -1.94. The van der Waals surface area contributed by atoms with E-state index in [-0.39, 0.29) is 11.6 Å². The van der Waals surface area contributed by atoms with Gasteiger partial charge in [-0.1, -0.05) is 37.8 Å². The lowest BCUT2D eigenvalue weighted by Gasteiger charge is -2.23. The highest BCUT2D eigenvalue weighted by molar-refractivity contribution is 6.30. The highest BCUT2D eigenvalue weighted by atomic mass is 35.5. The number of carbonyl (C=O) groups excluding carboxylic acids is 1. The van der Waals surface area contributed by atoms with E-state index in [4.69, 9.17) is 11.6 Å². The first-order chi connectivity index (χ1) is 11.5. The molecule has 0 aliphatic rings. The van der Waals surface area contributed by atoms with E-state index in [0.29, 0.717) is 17.1 Å². The van der Waals surface area contributed by atoms with Gasteiger partial charge in [-0.3, -0.25) is 4.79 Å². The van der Waals surface area contributed by atoms with E-state index >= 15 is 0 Å². The predicted molar refractivity (Wildman–Crippen MR) is 93.6 cm³/mol. The Balaban J connectivity index is 2.27. The van der Waals surface area contributed by atoms with Gasteiger partial charge in [-0.05, 0) is 42.8 Å². The van der Waals surface area contributed by atoms with Gasteiger partial charge in [0.2, 0.25) is 0 Å². The van der Waals surface area contributed by atoms with Gasteiger partial charge in [0, 0.05) is 23.2 Å². The summed E-state index contributed by atoms with van der Waals surface area (Å²) >= 11 is 5.85. The Morgan fingerprint density at radius 3 is 2.38 bits per heavy atom. The van der Waals surface area contributed by atoms with Gasteiger partial charge in [-0.25, -0.2) is 8.78 Å². The second-order valence-electron chi connectivity index (χ2n) is 5.62. The van der Waals surface area contributed by atoms with Crippen LogP contribution in [0.2, 0.25) is 5.02 Å². The molecular formula is C19H20ClF2NO. The molecule has 24 heavy (non-hydrogen) atoms. The number of nitrogens with zero attached hydrogens (tertiary/aromatic N) is 1. The van der Waals surface area contributed by atoms with Crippen molar-refractivity contribution in [2.24, 2.45) is 0 Å². The zero-order valence-corrected chi connectivity index (χ0v) is 14.3. The monoisotopic (exact) mass is 351 g/mol. The van der Waals surface area contributed by atoms with E-state index < -0.39 is 11.6 Å². The molecule has 0 atom stereocenters.